The van der Waals surface area contributed by atoms with Crippen LogP contribution in [-0.2, 0) is 4.79 Å². The number of piperidine rings is 1. The Bertz CT molecular complexity index is 378. The first-order chi connectivity index (χ1) is 10.7. The highest BCUT2D eigenvalue weighted by molar-refractivity contribution is 14.1. The summed E-state index contributed by atoms with van der Waals surface area (Å²) >= 11 is 2.43. The Morgan fingerprint density at radius 2 is 1.68 bits per heavy atom. The summed E-state index contributed by atoms with van der Waals surface area (Å²) in [6, 6.07) is 0.741. The van der Waals surface area contributed by atoms with Crippen molar-refractivity contribution < 1.29 is 4.79 Å². The Hall–Kier alpha value is 0.0800. The highest BCUT2D eigenvalue weighted by Crippen LogP contribution is 2.22. The van der Waals surface area contributed by atoms with E-state index >= 15 is 0 Å². The van der Waals surface area contributed by atoms with Gasteiger partial charge in [0.25, 0.3) is 0 Å². The van der Waals surface area contributed by atoms with Gasteiger partial charge in [-0.15, -0.1) is 0 Å². The van der Waals surface area contributed by atoms with E-state index < -0.39 is 0 Å². The number of piperazine rings is 1. The van der Waals surface area contributed by atoms with Gasteiger partial charge < -0.3 is 9.80 Å². The lowest BCUT2D eigenvalue weighted by Crippen LogP contribution is -2.54. The van der Waals surface area contributed by atoms with Crippen LogP contribution in [0.1, 0.15) is 26.2 Å². The third-order valence-corrected chi connectivity index (χ3v) is 6.59. The van der Waals surface area contributed by atoms with Crippen molar-refractivity contribution in [2.75, 3.05) is 58.9 Å². The second kappa shape index (κ2) is 7.77. The van der Waals surface area contributed by atoms with Gasteiger partial charge >= 0.3 is 0 Å². The van der Waals surface area contributed by atoms with Crippen LogP contribution in [0.5, 0.6) is 0 Å². The average molecular weight is 420 g/mol. The molecule has 5 nitrogen and oxygen atoms in total. The lowest BCUT2D eigenvalue weighted by Gasteiger charge is -2.42. The van der Waals surface area contributed by atoms with Crippen molar-refractivity contribution in [1.82, 2.24) is 17.8 Å². The molecule has 0 spiro atoms. The van der Waals surface area contributed by atoms with Crippen LogP contribution in [0, 0.1) is 5.92 Å². The van der Waals surface area contributed by atoms with Crippen molar-refractivity contribution in [3.05, 3.63) is 0 Å². The molecule has 0 aromatic carbocycles. The molecule has 3 heterocycles. The number of amides is 1. The molecule has 3 rings (SSSR count). The van der Waals surface area contributed by atoms with E-state index in [4.69, 9.17) is 0 Å². The summed E-state index contributed by atoms with van der Waals surface area (Å²) in [6.45, 7) is 11.8. The summed E-state index contributed by atoms with van der Waals surface area (Å²) in [7, 11) is 0. The monoisotopic (exact) mass is 420 g/mol. The quantitative estimate of drug-likeness (QED) is 0.509. The maximum Gasteiger partial charge on any atom is 0.227 e. The minimum Gasteiger partial charge on any atom is -0.340 e. The molecule has 0 saturated carbocycles. The summed E-state index contributed by atoms with van der Waals surface area (Å²) < 4.78 is 2.40. The number of rotatable bonds is 3. The molecule has 3 saturated heterocycles. The van der Waals surface area contributed by atoms with Crippen molar-refractivity contribution >= 4 is 28.8 Å². The molecule has 3 fully saturated rings. The van der Waals surface area contributed by atoms with Crippen LogP contribution in [-0.4, -0.2) is 88.7 Å². The van der Waals surface area contributed by atoms with E-state index in [9.17, 15) is 4.79 Å². The van der Waals surface area contributed by atoms with Crippen LogP contribution in [0.3, 0.4) is 0 Å². The van der Waals surface area contributed by atoms with Gasteiger partial charge in [-0.3, -0.25) is 9.69 Å². The number of hydrogen-bond donors (Lipinski definition) is 0. The lowest BCUT2D eigenvalue weighted by molar-refractivity contribution is -0.137. The van der Waals surface area contributed by atoms with Crippen LogP contribution in [0.15, 0.2) is 0 Å². The highest BCUT2D eigenvalue weighted by atomic mass is 127. The predicted octanol–water partition coefficient (Wildman–Crippen LogP) is 1.29. The van der Waals surface area contributed by atoms with Gasteiger partial charge in [-0.25, -0.2) is 3.11 Å². The lowest BCUT2D eigenvalue weighted by atomic mass is 10.0. The number of carbonyl (C=O) groups is 1. The average Bonchev–Trinajstić information content (AvgIpc) is 3.04. The van der Waals surface area contributed by atoms with Crippen LogP contribution in [0.2, 0.25) is 0 Å². The van der Waals surface area contributed by atoms with Gasteiger partial charge in [0.15, 0.2) is 0 Å². The topological polar surface area (TPSA) is 30.0 Å². The van der Waals surface area contributed by atoms with E-state index in [1.54, 1.807) is 0 Å². The molecule has 0 aliphatic carbocycles. The molecule has 1 unspecified atom stereocenters. The molecular weight excluding hydrogens is 391 g/mol. The normalized spacial score (nSPS) is 30.1. The van der Waals surface area contributed by atoms with Gasteiger partial charge in [-0.2, -0.15) is 0 Å². The summed E-state index contributed by atoms with van der Waals surface area (Å²) in [6.07, 6.45) is 3.62. The number of carbonyl (C=O) groups excluding carboxylic acids is 1. The van der Waals surface area contributed by atoms with E-state index in [0.29, 0.717) is 5.91 Å². The van der Waals surface area contributed by atoms with Gasteiger partial charge in [-0.1, -0.05) is 6.92 Å². The van der Waals surface area contributed by atoms with Gasteiger partial charge in [0.1, 0.15) is 0 Å². The van der Waals surface area contributed by atoms with Crippen molar-refractivity contribution in [1.29, 1.82) is 0 Å². The summed E-state index contributed by atoms with van der Waals surface area (Å²) in [5, 5.41) is 0. The fraction of sp³-hybridized carbons (Fsp3) is 0.938. The fourth-order valence-corrected chi connectivity index (χ4v) is 4.64. The third kappa shape index (κ3) is 3.94. The number of nitrogens with zero attached hydrogens (tertiary/aromatic N) is 4. The molecule has 0 bridgehead atoms. The Morgan fingerprint density at radius 3 is 2.27 bits per heavy atom. The van der Waals surface area contributed by atoms with E-state index in [0.717, 1.165) is 58.3 Å². The van der Waals surface area contributed by atoms with Crippen molar-refractivity contribution in [2.45, 2.75) is 32.2 Å². The van der Waals surface area contributed by atoms with Gasteiger partial charge in [-0.05, 0) is 32.4 Å². The molecular formula is C16H29IN4O. The standard InChI is InChI=1S/C16H29IN4O/c1-2-18-6-3-14(13-18)16(22)20-11-9-19(10-12-20)15-4-7-21(17)8-5-15/h14-15H,2-13H2,1H3. The maximum absolute atomic E-state index is 12.7. The van der Waals surface area contributed by atoms with Gasteiger partial charge in [0, 0.05) is 74.7 Å². The molecule has 126 valence electrons. The third-order valence-electron chi connectivity index (χ3n) is 5.62. The van der Waals surface area contributed by atoms with E-state index in [-0.39, 0.29) is 5.92 Å². The molecule has 0 aromatic heterocycles. The van der Waals surface area contributed by atoms with Gasteiger partial charge in [0.2, 0.25) is 5.91 Å². The molecule has 1 atom stereocenters. The maximum atomic E-state index is 12.7. The first-order valence-electron chi connectivity index (χ1n) is 8.83. The van der Waals surface area contributed by atoms with E-state index in [1.807, 2.05) is 0 Å². The molecule has 3 aliphatic rings. The summed E-state index contributed by atoms with van der Waals surface area (Å²) in [4.78, 5) is 19.8. The number of halogens is 1. The van der Waals surface area contributed by atoms with Crippen molar-refractivity contribution in [3.8, 4) is 0 Å². The molecule has 22 heavy (non-hydrogen) atoms. The van der Waals surface area contributed by atoms with Crippen molar-refractivity contribution in [3.63, 3.8) is 0 Å². The van der Waals surface area contributed by atoms with Crippen molar-refractivity contribution in [2.24, 2.45) is 5.92 Å². The summed E-state index contributed by atoms with van der Waals surface area (Å²) in [5.74, 6) is 0.673. The van der Waals surface area contributed by atoms with Crippen LogP contribution in [0.4, 0.5) is 0 Å². The zero-order valence-corrected chi connectivity index (χ0v) is 15.9. The zero-order chi connectivity index (χ0) is 15.5. The second-order valence-electron chi connectivity index (χ2n) is 6.88. The Morgan fingerprint density at radius 1 is 1.00 bits per heavy atom. The van der Waals surface area contributed by atoms with Gasteiger partial charge in [0.05, 0.1) is 5.92 Å². The largest absolute Gasteiger partial charge is 0.340 e. The number of hydrogen-bond acceptors (Lipinski definition) is 4. The first kappa shape index (κ1) is 16.9. The second-order valence-corrected chi connectivity index (χ2v) is 8.25. The van der Waals surface area contributed by atoms with Crippen LogP contribution in [0.25, 0.3) is 0 Å². The smallest absolute Gasteiger partial charge is 0.227 e. The molecule has 6 heteroatoms. The highest BCUT2D eigenvalue weighted by Gasteiger charge is 2.33. The Labute approximate surface area is 148 Å². The molecule has 0 aromatic rings. The Kier molecular flexibility index (Phi) is 5.97. The van der Waals surface area contributed by atoms with E-state index in [1.165, 1.54) is 25.9 Å². The zero-order valence-electron chi connectivity index (χ0n) is 13.7. The van der Waals surface area contributed by atoms with E-state index in [2.05, 4.69) is 47.6 Å². The SMILES string of the molecule is CCN1CCC(C(=O)N2CCN(C3CCN(I)CC3)CC2)C1. The molecule has 1 amide bonds. The summed E-state index contributed by atoms with van der Waals surface area (Å²) in [5.41, 5.74) is 0. The predicted molar refractivity (Wildman–Crippen MR) is 97.0 cm³/mol. The molecule has 0 radical (unpaired) electrons. The number of likely N-dealkylation sites (tertiary alicyclic amines) is 1. The Balaban J connectivity index is 1.44. The minimum absolute atomic E-state index is 0.258. The van der Waals surface area contributed by atoms with Crippen LogP contribution < -0.4 is 0 Å². The fourth-order valence-electron chi connectivity index (χ4n) is 4.09. The van der Waals surface area contributed by atoms with Crippen LogP contribution >= 0.6 is 22.9 Å². The molecule has 0 N–H and O–H groups in total. The minimum atomic E-state index is 0.258. The molecule has 3 aliphatic heterocycles. The first-order valence-corrected chi connectivity index (χ1v) is 9.79.